The van der Waals surface area contributed by atoms with Crippen LogP contribution in [0.15, 0.2) is 30.3 Å². The second-order valence-electron chi connectivity index (χ2n) is 5.27. The Kier molecular flexibility index (Phi) is 5.66. The Morgan fingerprint density at radius 2 is 1.73 bits per heavy atom. The van der Waals surface area contributed by atoms with E-state index in [0.29, 0.717) is 17.8 Å². The largest absolute Gasteiger partial charge is 0.368 e. The maximum absolute atomic E-state index is 5.82. The fourth-order valence-corrected chi connectivity index (χ4v) is 2.26. The molecule has 0 aliphatic carbocycles. The first-order valence-corrected chi connectivity index (χ1v) is 7.72. The first-order chi connectivity index (χ1) is 10.6. The van der Waals surface area contributed by atoms with E-state index in [1.165, 1.54) is 0 Å². The van der Waals surface area contributed by atoms with Crippen LogP contribution in [0.5, 0.6) is 0 Å². The number of hydrogen-bond donors (Lipinski definition) is 3. The summed E-state index contributed by atoms with van der Waals surface area (Å²) >= 11 is 0. The number of benzene rings is 1. The van der Waals surface area contributed by atoms with Crippen LogP contribution in [0.3, 0.4) is 0 Å². The van der Waals surface area contributed by atoms with Crippen LogP contribution in [0.2, 0.25) is 0 Å². The van der Waals surface area contributed by atoms with Gasteiger partial charge < -0.3 is 16.4 Å². The van der Waals surface area contributed by atoms with Crippen molar-refractivity contribution in [2.75, 3.05) is 11.1 Å². The van der Waals surface area contributed by atoms with Crippen molar-refractivity contribution in [2.45, 2.75) is 45.7 Å². The minimum Gasteiger partial charge on any atom is -0.368 e. The molecule has 118 valence electrons. The van der Waals surface area contributed by atoms with Gasteiger partial charge >= 0.3 is 0 Å². The predicted molar refractivity (Wildman–Crippen MR) is 89.9 cm³/mol. The molecule has 1 atom stereocenters. The highest BCUT2D eigenvalue weighted by Gasteiger charge is 2.15. The van der Waals surface area contributed by atoms with Gasteiger partial charge in [-0.25, -0.2) is 0 Å². The van der Waals surface area contributed by atoms with Gasteiger partial charge in [-0.05, 0) is 31.9 Å². The highest BCUT2D eigenvalue weighted by Crippen LogP contribution is 2.16. The molecule has 0 fully saturated rings. The number of para-hydroxylation sites is 1. The van der Waals surface area contributed by atoms with E-state index in [1.807, 2.05) is 37.3 Å². The van der Waals surface area contributed by atoms with Crippen molar-refractivity contribution in [3.63, 3.8) is 0 Å². The lowest BCUT2D eigenvalue weighted by Crippen LogP contribution is -2.31. The maximum atomic E-state index is 5.82. The fraction of sp³-hybridized carbons (Fsp3) is 0.438. The summed E-state index contributed by atoms with van der Waals surface area (Å²) in [5.74, 6) is 1.34. The molecule has 0 saturated carbocycles. The molecule has 0 amide bonds. The molecule has 4 N–H and O–H groups in total. The lowest BCUT2D eigenvalue weighted by atomic mass is 10.1. The van der Waals surface area contributed by atoms with E-state index in [9.17, 15) is 0 Å². The van der Waals surface area contributed by atoms with Crippen LogP contribution in [0.25, 0.3) is 0 Å². The third kappa shape index (κ3) is 4.39. The van der Waals surface area contributed by atoms with E-state index in [-0.39, 0.29) is 12.0 Å². The highest BCUT2D eigenvalue weighted by molar-refractivity contribution is 5.53. The molecule has 1 unspecified atom stereocenters. The summed E-state index contributed by atoms with van der Waals surface area (Å²) in [5, 5.41) is 6.67. The highest BCUT2D eigenvalue weighted by atomic mass is 15.2. The summed E-state index contributed by atoms with van der Waals surface area (Å²) in [6, 6.07) is 10.2. The van der Waals surface area contributed by atoms with Crippen molar-refractivity contribution in [3.05, 3.63) is 36.2 Å². The summed E-state index contributed by atoms with van der Waals surface area (Å²) in [4.78, 5) is 12.9. The van der Waals surface area contributed by atoms with Gasteiger partial charge in [0.1, 0.15) is 0 Å². The normalized spacial score (nSPS) is 12.4. The Labute approximate surface area is 131 Å². The van der Waals surface area contributed by atoms with E-state index < -0.39 is 0 Å². The van der Waals surface area contributed by atoms with E-state index >= 15 is 0 Å². The van der Waals surface area contributed by atoms with E-state index in [1.54, 1.807) is 0 Å². The second-order valence-corrected chi connectivity index (χ2v) is 5.27. The molecular weight excluding hydrogens is 276 g/mol. The molecule has 0 aliphatic rings. The zero-order valence-corrected chi connectivity index (χ0v) is 13.4. The van der Waals surface area contributed by atoms with Crippen molar-refractivity contribution in [1.29, 1.82) is 0 Å². The minimum absolute atomic E-state index is 0.0199. The average Bonchev–Trinajstić information content (AvgIpc) is 2.52. The first-order valence-electron chi connectivity index (χ1n) is 7.72. The zero-order valence-electron chi connectivity index (χ0n) is 13.4. The zero-order chi connectivity index (χ0) is 15.9. The van der Waals surface area contributed by atoms with Crippen LogP contribution < -0.4 is 16.4 Å². The number of nitrogens with two attached hydrogens (primary N) is 1. The van der Waals surface area contributed by atoms with Gasteiger partial charge in [0.2, 0.25) is 11.9 Å². The fourth-order valence-electron chi connectivity index (χ4n) is 2.26. The number of nitrogen functional groups attached to an aromatic ring is 1. The monoisotopic (exact) mass is 300 g/mol. The molecular formula is C16H24N6. The van der Waals surface area contributed by atoms with Crippen LogP contribution in [-0.2, 0) is 0 Å². The van der Waals surface area contributed by atoms with Gasteiger partial charge in [0.25, 0.3) is 0 Å². The standard InChI is InChI=1S/C16H24N6/c1-4-12(5-2)18-11(3)14-20-15(17)22-16(21-14)19-13-9-7-6-8-10-13/h6-12,18H,4-5H2,1-3H3,(H3,17,19,20,21,22). The molecule has 0 saturated heterocycles. The van der Waals surface area contributed by atoms with E-state index in [4.69, 9.17) is 5.73 Å². The van der Waals surface area contributed by atoms with Crippen LogP contribution in [0.4, 0.5) is 17.6 Å². The van der Waals surface area contributed by atoms with Crippen LogP contribution in [-0.4, -0.2) is 21.0 Å². The van der Waals surface area contributed by atoms with Crippen LogP contribution in [0.1, 0.15) is 45.5 Å². The molecule has 0 radical (unpaired) electrons. The number of aromatic nitrogens is 3. The predicted octanol–water partition coefficient (Wildman–Crippen LogP) is 3.04. The number of rotatable bonds is 7. The molecule has 22 heavy (non-hydrogen) atoms. The van der Waals surface area contributed by atoms with Crippen LogP contribution in [0, 0.1) is 0 Å². The molecule has 1 aromatic carbocycles. The lowest BCUT2D eigenvalue weighted by Gasteiger charge is -2.20. The SMILES string of the molecule is CCC(CC)NC(C)c1nc(N)nc(Nc2ccccc2)n1. The van der Waals surface area contributed by atoms with Crippen molar-refractivity contribution in [1.82, 2.24) is 20.3 Å². The summed E-state index contributed by atoms with van der Waals surface area (Å²) in [6.07, 6.45) is 2.13. The smallest absolute Gasteiger partial charge is 0.232 e. The maximum Gasteiger partial charge on any atom is 0.232 e. The van der Waals surface area contributed by atoms with E-state index in [2.05, 4.69) is 39.4 Å². The number of nitrogens with one attached hydrogen (secondary N) is 2. The Bertz CT molecular complexity index is 582. The topological polar surface area (TPSA) is 88.8 Å². The van der Waals surface area contributed by atoms with Crippen molar-refractivity contribution in [3.8, 4) is 0 Å². The Morgan fingerprint density at radius 1 is 1.05 bits per heavy atom. The summed E-state index contributed by atoms with van der Waals surface area (Å²) in [7, 11) is 0. The molecule has 2 aromatic rings. The molecule has 6 heteroatoms. The molecule has 2 rings (SSSR count). The molecule has 6 nitrogen and oxygen atoms in total. The Balaban J connectivity index is 2.15. The summed E-state index contributed by atoms with van der Waals surface area (Å²) in [5.41, 5.74) is 6.73. The lowest BCUT2D eigenvalue weighted by molar-refractivity contribution is 0.421. The van der Waals surface area contributed by atoms with Gasteiger partial charge in [0.15, 0.2) is 5.82 Å². The third-order valence-electron chi connectivity index (χ3n) is 3.56. The van der Waals surface area contributed by atoms with Crippen molar-refractivity contribution in [2.24, 2.45) is 0 Å². The Morgan fingerprint density at radius 3 is 2.36 bits per heavy atom. The van der Waals surface area contributed by atoms with Gasteiger partial charge in [0, 0.05) is 11.7 Å². The van der Waals surface area contributed by atoms with Gasteiger partial charge in [-0.2, -0.15) is 15.0 Å². The van der Waals surface area contributed by atoms with Gasteiger partial charge in [0.05, 0.1) is 6.04 Å². The number of nitrogens with zero attached hydrogens (tertiary/aromatic N) is 3. The molecule has 0 bridgehead atoms. The van der Waals surface area contributed by atoms with Gasteiger partial charge in [-0.15, -0.1) is 0 Å². The van der Waals surface area contributed by atoms with Gasteiger partial charge in [-0.1, -0.05) is 32.0 Å². The Hall–Kier alpha value is -2.21. The van der Waals surface area contributed by atoms with Crippen LogP contribution >= 0.6 is 0 Å². The summed E-state index contributed by atoms with van der Waals surface area (Å²) < 4.78 is 0. The molecule has 0 aliphatic heterocycles. The number of anilines is 3. The molecule has 0 spiro atoms. The van der Waals surface area contributed by atoms with Crippen molar-refractivity contribution < 1.29 is 0 Å². The molecule has 1 heterocycles. The quantitative estimate of drug-likeness (QED) is 0.728. The van der Waals surface area contributed by atoms with Crippen molar-refractivity contribution >= 4 is 17.6 Å². The minimum atomic E-state index is 0.0199. The first kappa shape index (κ1) is 16.2. The summed E-state index contributed by atoms with van der Waals surface area (Å²) in [6.45, 7) is 6.37. The third-order valence-corrected chi connectivity index (χ3v) is 3.56. The van der Waals surface area contributed by atoms with Gasteiger partial charge in [-0.3, -0.25) is 0 Å². The average molecular weight is 300 g/mol. The number of hydrogen-bond acceptors (Lipinski definition) is 6. The molecule has 1 aromatic heterocycles. The van der Waals surface area contributed by atoms with E-state index in [0.717, 1.165) is 18.5 Å². The second kappa shape index (κ2) is 7.70.